The predicted molar refractivity (Wildman–Crippen MR) is 97.6 cm³/mol. The summed E-state index contributed by atoms with van der Waals surface area (Å²) in [6.45, 7) is 3.59. The van der Waals surface area contributed by atoms with Crippen LogP contribution < -0.4 is 0 Å². The largest absolute Gasteiger partial charge is 0.462 e. The van der Waals surface area contributed by atoms with Gasteiger partial charge >= 0.3 is 5.97 Å². The molecule has 2 rings (SSSR count). The van der Waals surface area contributed by atoms with Gasteiger partial charge in [-0.1, -0.05) is 25.2 Å². The molecule has 0 aliphatic carbocycles. The first kappa shape index (κ1) is 21.8. The Morgan fingerprint density at radius 2 is 1.89 bits per heavy atom. The van der Waals surface area contributed by atoms with Crippen LogP contribution >= 0.6 is 0 Å². The van der Waals surface area contributed by atoms with E-state index in [0.29, 0.717) is 19.3 Å². The number of aliphatic hydroxyl groups excluding tert-OH is 2. The first-order chi connectivity index (χ1) is 12.8. The van der Waals surface area contributed by atoms with E-state index in [-0.39, 0.29) is 30.1 Å². The molecular formula is C20H30O7. The van der Waals surface area contributed by atoms with Gasteiger partial charge in [0.1, 0.15) is 12.2 Å². The second kappa shape index (κ2) is 10.1. The molecule has 0 radical (unpaired) electrons. The molecule has 1 fully saturated rings. The Morgan fingerprint density at radius 1 is 1.15 bits per heavy atom. The minimum Gasteiger partial charge on any atom is -0.462 e. The van der Waals surface area contributed by atoms with Gasteiger partial charge in [-0.2, -0.15) is 0 Å². The monoisotopic (exact) mass is 382 g/mol. The molecule has 27 heavy (non-hydrogen) atoms. The number of allylic oxidation sites excluding steroid dienone is 3. The van der Waals surface area contributed by atoms with Crippen molar-refractivity contribution in [1.82, 2.24) is 0 Å². The van der Waals surface area contributed by atoms with Crippen LogP contribution in [0.3, 0.4) is 0 Å². The van der Waals surface area contributed by atoms with Crippen molar-refractivity contribution in [2.45, 2.75) is 70.2 Å². The van der Waals surface area contributed by atoms with E-state index in [1.54, 1.807) is 19.1 Å². The van der Waals surface area contributed by atoms with Crippen LogP contribution in [-0.2, 0) is 23.8 Å². The second-order valence-corrected chi connectivity index (χ2v) is 7.39. The molecule has 0 aromatic rings. The fraction of sp³-hybridized carbons (Fsp3) is 0.700. The Balaban J connectivity index is 2.24. The van der Waals surface area contributed by atoms with Gasteiger partial charge in [0.2, 0.25) is 0 Å². The first-order valence-corrected chi connectivity index (χ1v) is 9.42. The molecule has 0 amide bonds. The Morgan fingerprint density at radius 3 is 2.59 bits per heavy atom. The number of carbonyl (C=O) groups is 2. The van der Waals surface area contributed by atoms with Gasteiger partial charge in [0.15, 0.2) is 12.1 Å². The third-order valence-electron chi connectivity index (χ3n) is 5.08. The van der Waals surface area contributed by atoms with E-state index < -0.39 is 30.6 Å². The highest BCUT2D eigenvalue weighted by atomic mass is 16.6. The third-order valence-corrected chi connectivity index (χ3v) is 5.08. The summed E-state index contributed by atoms with van der Waals surface area (Å²) in [5.41, 5.74) is 0. The van der Waals surface area contributed by atoms with E-state index in [2.05, 4.69) is 0 Å². The number of cyclic esters (lactones) is 1. The molecule has 7 nitrogen and oxygen atoms in total. The van der Waals surface area contributed by atoms with Crippen molar-refractivity contribution in [3.8, 4) is 0 Å². The van der Waals surface area contributed by atoms with Gasteiger partial charge in [-0.05, 0) is 25.3 Å². The van der Waals surface area contributed by atoms with Gasteiger partial charge in [-0.15, -0.1) is 0 Å². The number of ether oxygens (including phenoxy) is 3. The van der Waals surface area contributed by atoms with E-state index in [1.807, 2.05) is 13.0 Å². The standard InChI is InChI=1S/C20H30O7/c1-12-9-14-10-17(23)27-19(14)20(25-3)16(22)11-18(24)26-13(2)7-5-4-6-8-15(12)21/h4-6,8,12-14,16-17,19-20,22-23H,7,9-11H2,1-3H3/b5-4+,8-6+/t12-,13-,14-,16-,17?,19+,20?/m1/s1. The maximum atomic E-state index is 12.3. The molecule has 0 aromatic heterocycles. The molecule has 2 aliphatic rings. The number of fused-ring (bicyclic) bond motifs is 1. The van der Waals surface area contributed by atoms with Crippen LogP contribution in [0, 0.1) is 11.8 Å². The topological polar surface area (TPSA) is 102 Å². The van der Waals surface area contributed by atoms with Crippen LogP contribution in [0.4, 0.5) is 0 Å². The van der Waals surface area contributed by atoms with E-state index in [4.69, 9.17) is 14.2 Å². The molecule has 2 N–H and O–H groups in total. The Hall–Kier alpha value is -1.54. The number of aliphatic hydroxyl groups is 2. The van der Waals surface area contributed by atoms with Crippen molar-refractivity contribution in [3.05, 3.63) is 24.3 Å². The zero-order valence-corrected chi connectivity index (χ0v) is 16.1. The van der Waals surface area contributed by atoms with Crippen molar-refractivity contribution in [2.24, 2.45) is 11.8 Å². The minimum atomic E-state index is -1.14. The van der Waals surface area contributed by atoms with Crippen molar-refractivity contribution >= 4 is 11.8 Å². The van der Waals surface area contributed by atoms with Crippen LogP contribution in [0.2, 0.25) is 0 Å². The fourth-order valence-electron chi connectivity index (χ4n) is 3.67. The second-order valence-electron chi connectivity index (χ2n) is 7.39. The average Bonchev–Trinajstić information content (AvgIpc) is 2.94. The first-order valence-electron chi connectivity index (χ1n) is 9.42. The van der Waals surface area contributed by atoms with Gasteiger partial charge in [-0.25, -0.2) is 0 Å². The maximum absolute atomic E-state index is 12.3. The van der Waals surface area contributed by atoms with Crippen LogP contribution in [0.5, 0.6) is 0 Å². The summed E-state index contributed by atoms with van der Waals surface area (Å²) in [6.07, 6.45) is 3.99. The number of rotatable bonds is 1. The summed E-state index contributed by atoms with van der Waals surface area (Å²) in [6, 6.07) is 0. The molecule has 2 unspecified atom stereocenters. The molecular weight excluding hydrogens is 352 g/mol. The lowest BCUT2D eigenvalue weighted by Gasteiger charge is -2.30. The molecule has 0 aromatic carbocycles. The Labute approximate surface area is 160 Å². The van der Waals surface area contributed by atoms with E-state index >= 15 is 0 Å². The van der Waals surface area contributed by atoms with Crippen LogP contribution in [0.25, 0.3) is 0 Å². The summed E-state index contributed by atoms with van der Waals surface area (Å²) < 4.78 is 16.3. The molecule has 7 atom stereocenters. The number of methoxy groups -OCH3 is 1. The van der Waals surface area contributed by atoms with Gasteiger partial charge in [0.05, 0.1) is 18.6 Å². The molecule has 2 heterocycles. The molecule has 2 aliphatic heterocycles. The highest BCUT2D eigenvalue weighted by Gasteiger charge is 2.43. The van der Waals surface area contributed by atoms with Gasteiger partial charge in [0.25, 0.3) is 0 Å². The van der Waals surface area contributed by atoms with Crippen molar-refractivity contribution in [1.29, 1.82) is 0 Å². The van der Waals surface area contributed by atoms with Crippen LogP contribution in [-0.4, -0.2) is 59.8 Å². The highest BCUT2D eigenvalue weighted by molar-refractivity contribution is 5.91. The normalized spacial score (nSPS) is 41.6. The van der Waals surface area contributed by atoms with Crippen LogP contribution in [0.1, 0.15) is 39.5 Å². The molecule has 1 saturated heterocycles. The van der Waals surface area contributed by atoms with Crippen molar-refractivity contribution < 1.29 is 34.0 Å². The molecule has 152 valence electrons. The Kier molecular flexibility index (Phi) is 8.16. The summed E-state index contributed by atoms with van der Waals surface area (Å²) in [5, 5.41) is 20.4. The minimum absolute atomic E-state index is 0.0131. The number of esters is 1. The summed E-state index contributed by atoms with van der Waals surface area (Å²) in [5.74, 6) is -0.972. The van der Waals surface area contributed by atoms with E-state index in [9.17, 15) is 19.8 Å². The number of hydrogen-bond donors (Lipinski definition) is 2. The quantitative estimate of drug-likeness (QED) is 0.663. The lowest BCUT2D eigenvalue weighted by molar-refractivity contribution is -0.166. The summed E-state index contributed by atoms with van der Waals surface area (Å²) in [4.78, 5) is 24.4. The number of hydrogen-bond acceptors (Lipinski definition) is 7. The average molecular weight is 382 g/mol. The summed E-state index contributed by atoms with van der Waals surface area (Å²) in [7, 11) is 1.42. The molecule has 0 spiro atoms. The Bertz CT molecular complexity index is 571. The molecule has 7 heteroatoms. The van der Waals surface area contributed by atoms with E-state index in [0.717, 1.165) is 0 Å². The SMILES string of the molecule is COC1[C@H](O)CC(=O)O[C@H](C)C/C=C/C=C/C(=O)[C@H](C)C[C@@H]2CC(O)O[C@H]12. The zero-order chi connectivity index (χ0) is 20.0. The predicted octanol–water partition coefficient (Wildman–Crippen LogP) is 1.52. The smallest absolute Gasteiger partial charge is 0.308 e. The van der Waals surface area contributed by atoms with Gasteiger partial charge in [-0.3, -0.25) is 9.59 Å². The lowest BCUT2D eigenvalue weighted by Crippen LogP contribution is -2.44. The maximum Gasteiger partial charge on any atom is 0.308 e. The van der Waals surface area contributed by atoms with Crippen LogP contribution in [0.15, 0.2) is 24.3 Å². The molecule has 0 bridgehead atoms. The van der Waals surface area contributed by atoms with Crippen molar-refractivity contribution in [2.75, 3.05) is 7.11 Å². The molecule has 0 saturated carbocycles. The lowest BCUT2D eigenvalue weighted by atomic mass is 9.84. The number of ketones is 1. The van der Waals surface area contributed by atoms with Gasteiger partial charge in [0, 0.05) is 25.9 Å². The van der Waals surface area contributed by atoms with Crippen molar-refractivity contribution in [3.63, 3.8) is 0 Å². The van der Waals surface area contributed by atoms with Gasteiger partial charge < -0.3 is 24.4 Å². The number of carbonyl (C=O) groups excluding carboxylic acids is 2. The third kappa shape index (κ3) is 6.24. The van der Waals surface area contributed by atoms with E-state index in [1.165, 1.54) is 13.2 Å². The fourth-order valence-corrected chi connectivity index (χ4v) is 3.67. The zero-order valence-electron chi connectivity index (χ0n) is 16.1. The summed E-state index contributed by atoms with van der Waals surface area (Å²) >= 11 is 0. The highest BCUT2D eigenvalue weighted by Crippen LogP contribution is 2.35.